The molecule has 0 aromatic heterocycles. The lowest BCUT2D eigenvalue weighted by atomic mass is 10.1. The molecule has 2 unspecified atom stereocenters. The lowest BCUT2D eigenvalue weighted by Crippen LogP contribution is -2.45. The number of nitrogens with one attached hydrogen (secondary N) is 1. The Balaban J connectivity index is 1.88. The zero-order valence-corrected chi connectivity index (χ0v) is 10.2. The summed E-state index contributed by atoms with van der Waals surface area (Å²) in [4.78, 5) is 14.2. The van der Waals surface area contributed by atoms with Gasteiger partial charge in [0, 0.05) is 30.6 Å². The van der Waals surface area contributed by atoms with Crippen molar-refractivity contribution in [3.8, 4) is 0 Å². The molecule has 2 atom stereocenters. The third-order valence-electron chi connectivity index (χ3n) is 3.32. The van der Waals surface area contributed by atoms with E-state index in [1.165, 1.54) is 6.42 Å². The molecule has 2 rings (SSSR count). The third-order valence-corrected chi connectivity index (χ3v) is 4.69. The molecule has 15 heavy (non-hydrogen) atoms. The van der Waals surface area contributed by atoms with Gasteiger partial charge in [-0.3, -0.25) is 4.79 Å². The van der Waals surface area contributed by atoms with E-state index < -0.39 is 0 Å². The lowest BCUT2D eigenvalue weighted by molar-refractivity contribution is -0.134. The zero-order chi connectivity index (χ0) is 10.7. The molecule has 1 amide bonds. The standard InChI is InChI=1S/C11H20N2OS/c1-2-10-8-13(5-6-15-10)11(14)9-3-4-12-7-9/h9-10,12H,2-8H2,1H3. The fourth-order valence-corrected chi connectivity index (χ4v) is 3.47. The Morgan fingerprint density at radius 3 is 3.13 bits per heavy atom. The van der Waals surface area contributed by atoms with Gasteiger partial charge in [0.05, 0.1) is 5.92 Å². The molecular weight excluding hydrogens is 208 g/mol. The minimum atomic E-state index is 0.255. The van der Waals surface area contributed by atoms with Gasteiger partial charge in [-0.2, -0.15) is 11.8 Å². The largest absolute Gasteiger partial charge is 0.340 e. The van der Waals surface area contributed by atoms with Gasteiger partial charge in [0.2, 0.25) is 5.91 Å². The van der Waals surface area contributed by atoms with Crippen molar-refractivity contribution < 1.29 is 4.79 Å². The fourth-order valence-electron chi connectivity index (χ4n) is 2.29. The second-order valence-corrected chi connectivity index (χ2v) is 5.78. The summed E-state index contributed by atoms with van der Waals surface area (Å²) < 4.78 is 0. The van der Waals surface area contributed by atoms with Crippen LogP contribution < -0.4 is 5.32 Å². The van der Waals surface area contributed by atoms with Crippen molar-refractivity contribution in [1.82, 2.24) is 10.2 Å². The van der Waals surface area contributed by atoms with E-state index in [0.29, 0.717) is 11.2 Å². The SMILES string of the molecule is CCC1CN(C(=O)C2CCNC2)CCS1. The van der Waals surface area contributed by atoms with Crippen LogP contribution in [0.5, 0.6) is 0 Å². The third kappa shape index (κ3) is 2.67. The molecular formula is C11H20N2OS. The first-order valence-electron chi connectivity index (χ1n) is 5.92. The van der Waals surface area contributed by atoms with E-state index in [0.717, 1.165) is 38.4 Å². The first kappa shape index (κ1) is 11.3. The van der Waals surface area contributed by atoms with Crippen LogP contribution in [0.3, 0.4) is 0 Å². The molecule has 0 bridgehead atoms. The Morgan fingerprint density at radius 1 is 1.60 bits per heavy atom. The van der Waals surface area contributed by atoms with Crippen molar-refractivity contribution in [2.45, 2.75) is 25.0 Å². The smallest absolute Gasteiger partial charge is 0.227 e. The molecule has 0 spiro atoms. The molecule has 0 saturated carbocycles. The molecule has 0 aromatic rings. The van der Waals surface area contributed by atoms with Gasteiger partial charge in [-0.05, 0) is 19.4 Å². The van der Waals surface area contributed by atoms with Crippen molar-refractivity contribution in [2.24, 2.45) is 5.92 Å². The van der Waals surface area contributed by atoms with E-state index in [9.17, 15) is 4.79 Å². The molecule has 0 radical (unpaired) electrons. The first-order valence-corrected chi connectivity index (χ1v) is 6.97. The molecule has 2 heterocycles. The van der Waals surface area contributed by atoms with Crippen LogP contribution in [0.15, 0.2) is 0 Å². The number of nitrogens with zero attached hydrogens (tertiary/aromatic N) is 1. The summed E-state index contributed by atoms with van der Waals surface area (Å²) in [5.74, 6) is 1.76. The first-order chi connectivity index (χ1) is 7.31. The van der Waals surface area contributed by atoms with Gasteiger partial charge in [-0.1, -0.05) is 6.92 Å². The topological polar surface area (TPSA) is 32.3 Å². The summed E-state index contributed by atoms with van der Waals surface area (Å²) >= 11 is 2.02. The monoisotopic (exact) mass is 228 g/mol. The van der Waals surface area contributed by atoms with E-state index in [-0.39, 0.29) is 5.92 Å². The Hall–Kier alpha value is -0.220. The summed E-state index contributed by atoms with van der Waals surface area (Å²) in [7, 11) is 0. The number of amides is 1. The molecule has 2 aliphatic rings. The quantitative estimate of drug-likeness (QED) is 0.764. The number of rotatable bonds is 2. The number of thioether (sulfide) groups is 1. The number of carbonyl (C=O) groups is 1. The molecule has 4 heteroatoms. The predicted octanol–water partition coefficient (Wildman–Crippen LogP) is 0.950. The maximum Gasteiger partial charge on any atom is 0.227 e. The predicted molar refractivity (Wildman–Crippen MR) is 64.1 cm³/mol. The molecule has 86 valence electrons. The van der Waals surface area contributed by atoms with Crippen molar-refractivity contribution >= 4 is 17.7 Å². The maximum absolute atomic E-state index is 12.1. The van der Waals surface area contributed by atoms with Crippen LogP contribution >= 0.6 is 11.8 Å². The highest BCUT2D eigenvalue weighted by molar-refractivity contribution is 8.00. The van der Waals surface area contributed by atoms with Crippen LogP contribution in [0.25, 0.3) is 0 Å². The highest BCUT2D eigenvalue weighted by Crippen LogP contribution is 2.23. The molecule has 3 nitrogen and oxygen atoms in total. The molecule has 2 saturated heterocycles. The second-order valence-electron chi connectivity index (χ2n) is 4.38. The summed E-state index contributed by atoms with van der Waals surface area (Å²) in [6.07, 6.45) is 2.20. The highest BCUT2D eigenvalue weighted by atomic mass is 32.2. The average molecular weight is 228 g/mol. The summed E-state index contributed by atoms with van der Waals surface area (Å²) in [6.45, 7) is 6.03. The second kappa shape index (κ2) is 5.21. The van der Waals surface area contributed by atoms with E-state index in [1.807, 2.05) is 11.8 Å². The Labute approximate surface area is 96.0 Å². The fraction of sp³-hybridized carbons (Fsp3) is 0.909. The van der Waals surface area contributed by atoms with Crippen LogP contribution in [0.2, 0.25) is 0 Å². The molecule has 2 fully saturated rings. The zero-order valence-electron chi connectivity index (χ0n) is 9.37. The van der Waals surface area contributed by atoms with E-state index >= 15 is 0 Å². The van der Waals surface area contributed by atoms with Gasteiger partial charge in [0.1, 0.15) is 0 Å². The lowest BCUT2D eigenvalue weighted by Gasteiger charge is -2.33. The number of hydrogen-bond acceptors (Lipinski definition) is 3. The van der Waals surface area contributed by atoms with Gasteiger partial charge in [-0.25, -0.2) is 0 Å². The highest BCUT2D eigenvalue weighted by Gasteiger charge is 2.30. The van der Waals surface area contributed by atoms with Crippen LogP contribution in [0.1, 0.15) is 19.8 Å². The van der Waals surface area contributed by atoms with E-state index in [1.54, 1.807) is 0 Å². The minimum absolute atomic E-state index is 0.255. The van der Waals surface area contributed by atoms with Crippen molar-refractivity contribution in [2.75, 3.05) is 31.9 Å². The Kier molecular flexibility index (Phi) is 3.92. The number of hydrogen-bond donors (Lipinski definition) is 1. The maximum atomic E-state index is 12.1. The van der Waals surface area contributed by atoms with Gasteiger partial charge in [0.15, 0.2) is 0 Å². The summed E-state index contributed by atoms with van der Waals surface area (Å²) in [5, 5.41) is 3.93. The molecule has 0 aromatic carbocycles. The Morgan fingerprint density at radius 2 is 2.47 bits per heavy atom. The van der Waals surface area contributed by atoms with Gasteiger partial charge in [-0.15, -0.1) is 0 Å². The van der Waals surface area contributed by atoms with E-state index in [4.69, 9.17) is 0 Å². The summed E-state index contributed by atoms with van der Waals surface area (Å²) in [6, 6.07) is 0. The van der Waals surface area contributed by atoms with Crippen molar-refractivity contribution in [3.63, 3.8) is 0 Å². The van der Waals surface area contributed by atoms with Gasteiger partial charge in [0.25, 0.3) is 0 Å². The van der Waals surface area contributed by atoms with Crippen LogP contribution in [0, 0.1) is 5.92 Å². The van der Waals surface area contributed by atoms with Crippen LogP contribution in [0.4, 0.5) is 0 Å². The minimum Gasteiger partial charge on any atom is -0.340 e. The van der Waals surface area contributed by atoms with E-state index in [2.05, 4.69) is 17.1 Å². The summed E-state index contributed by atoms with van der Waals surface area (Å²) in [5.41, 5.74) is 0. The van der Waals surface area contributed by atoms with Crippen LogP contribution in [-0.4, -0.2) is 48.0 Å². The van der Waals surface area contributed by atoms with Gasteiger partial charge < -0.3 is 10.2 Å². The van der Waals surface area contributed by atoms with Gasteiger partial charge >= 0.3 is 0 Å². The number of carbonyl (C=O) groups excluding carboxylic acids is 1. The average Bonchev–Trinajstić information content (AvgIpc) is 2.81. The normalized spacial score (nSPS) is 31.9. The van der Waals surface area contributed by atoms with Crippen molar-refractivity contribution in [1.29, 1.82) is 0 Å². The molecule has 0 aliphatic carbocycles. The molecule has 1 N–H and O–H groups in total. The Bertz CT molecular complexity index is 229. The van der Waals surface area contributed by atoms with Crippen LogP contribution in [-0.2, 0) is 4.79 Å². The van der Waals surface area contributed by atoms with Crippen molar-refractivity contribution in [3.05, 3.63) is 0 Å². The molecule has 2 aliphatic heterocycles.